The normalized spacial score (nSPS) is 12.7. The molecule has 21 heavy (non-hydrogen) atoms. The van der Waals surface area contributed by atoms with Crippen LogP contribution in [0.15, 0.2) is 36.7 Å². The summed E-state index contributed by atoms with van der Waals surface area (Å²) in [6.07, 6.45) is 4.73. The van der Waals surface area contributed by atoms with Crippen molar-refractivity contribution in [3.8, 4) is 0 Å². The molecule has 2 heterocycles. The second-order valence-corrected chi connectivity index (χ2v) is 5.90. The molecule has 1 unspecified atom stereocenters. The van der Waals surface area contributed by atoms with Gasteiger partial charge in [0.1, 0.15) is 10.8 Å². The van der Waals surface area contributed by atoms with Crippen molar-refractivity contribution in [1.29, 1.82) is 0 Å². The van der Waals surface area contributed by atoms with Gasteiger partial charge in [0, 0.05) is 6.42 Å². The van der Waals surface area contributed by atoms with Crippen molar-refractivity contribution in [2.24, 2.45) is 5.73 Å². The Labute approximate surface area is 125 Å². The van der Waals surface area contributed by atoms with Crippen LogP contribution in [0.5, 0.6) is 0 Å². The number of hydrogen-bond donors (Lipinski definition) is 1. The number of aryl methyl sites for hydroxylation is 1. The Hall–Kier alpha value is -1.92. The number of thiazole rings is 1. The highest BCUT2D eigenvalue weighted by molar-refractivity contribution is 7.18. The van der Waals surface area contributed by atoms with Crippen molar-refractivity contribution >= 4 is 21.6 Å². The number of nitrogens with two attached hydrogens (primary N) is 1. The monoisotopic (exact) mass is 302 g/mol. The molecule has 3 rings (SSSR count). The van der Waals surface area contributed by atoms with Crippen LogP contribution in [0, 0.1) is 5.82 Å². The van der Waals surface area contributed by atoms with E-state index in [1.54, 1.807) is 11.3 Å². The van der Waals surface area contributed by atoms with Crippen molar-refractivity contribution in [1.82, 2.24) is 15.0 Å². The van der Waals surface area contributed by atoms with Crippen molar-refractivity contribution in [2.75, 3.05) is 0 Å². The molecule has 0 aliphatic heterocycles. The van der Waals surface area contributed by atoms with Crippen LogP contribution >= 0.6 is 11.3 Å². The summed E-state index contributed by atoms with van der Waals surface area (Å²) in [6, 6.07) is 7.94. The van der Waals surface area contributed by atoms with Gasteiger partial charge in [0.2, 0.25) is 0 Å². The lowest BCUT2D eigenvalue weighted by atomic mass is 10.1. The van der Waals surface area contributed by atoms with Crippen LogP contribution in [0.2, 0.25) is 0 Å². The number of fused-ring (bicyclic) bond motifs is 1. The van der Waals surface area contributed by atoms with Crippen LogP contribution in [0.4, 0.5) is 4.39 Å². The average molecular weight is 302 g/mol. The van der Waals surface area contributed by atoms with E-state index in [-0.39, 0.29) is 6.04 Å². The summed E-state index contributed by atoms with van der Waals surface area (Å²) in [6.45, 7) is 0. The maximum Gasteiger partial charge on any atom is 0.159 e. The van der Waals surface area contributed by atoms with Gasteiger partial charge in [-0.15, -0.1) is 11.3 Å². The van der Waals surface area contributed by atoms with Gasteiger partial charge in [-0.3, -0.25) is 0 Å². The summed E-state index contributed by atoms with van der Waals surface area (Å²) in [5, 5.41) is 0.955. The Balaban J connectivity index is 1.58. The molecule has 108 valence electrons. The Bertz CT molecular complexity index is 693. The molecule has 1 atom stereocenters. The molecule has 0 saturated carbocycles. The predicted molar refractivity (Wildman–Crippen MR) is 81.5 cm³/mol. The molecule has 0 radical (unpaired) electrons. The van der Waals surface area contributed by atoms with Crippen molar-refractivity contribution in [2.45, 2.75) is 25.3 Å². The molecule has 0 spiro atoms. The van der Waals surface area contributed by atoms with Gasteiger partial charge >= 0.3 is 0 Å². The first kappa shape index (κ1) is 14.0. The van der Waals surface area contributed by atoms with Gasteiger partial charge in [0.15, 0.2) is 5.82 Å². The van der Waals surface area contributed by atoms with Crippen LogP contribution in [-0.4, -0.2) is 15.0 Å². The number of nitrogens with zero attached hydrogens (tertiary/aromatic N) is 3. The number of para-hydroxylation sites is 1. The van der Waals surface area contributed by atoms with Crippen LogP contribution in [0.3, 0.4) is 0 Å². The molecule has 2 N–H and O–H groups in total. The summed E-state index contributed by atoms with van der Waals surface area (Å²) >= 11 is 1.64. The fourth-order valence-electron chi connectivity index (χ4n) is 2.12. The van der Waals surface area contributed by atoms with Crippen molar-refractivity contribution in [3.63, 3.8) is 0 Å². The highest BCUT2D eigenvalue weighted by atomic mass is 32.1. The summed E-state index contributed by atoms with van der Waals surface area (Å²) < 4.78 is 13.9. The topological polar surface area (TPSA) is 64.7 Å². The molecular formula is C15H15FN4S. The SMILES string of the molecule is NC(CCCc1ncc(F)cn1)c1nc2ccccc2s1. The van der Waals surface area contributed by atoms with E-state index in [4.69, 9.17) is 5.73 Å². The number of halogens is 1. The molecule has 0 bridgehead atoms. The minimum atomic E-state index is -0.412. The lowest BCUT2D eigenvalue weighted by Crippen LogP contribution is -2.10. The fraction of sp³-hybridized carbons (Fsp3) is 0.267. The minimum Gasteiger partial charge on any atom is -0.322 e. The first-order chi connectivity index (χ1) is 10.2. The first-order valence-corrected chi connectivity index (χ1v) is 7.61. The molecule has 6 heteroatoms. The van der Waals surface area contributed by atoms with Crippen LogP contribution in [0.25, 0.3) is 10.2 Å². The van der Waals surface area contributed by atoms with Gasteiger partial charge in [-0.25, -0.2) is 19.3 Å². The van der Waals surface area contributed by atoms with E-state index < -0.39 is 5.82 Å². The fourth-order valence-corrected chi connectivity index (χ4v) is 3.12. The lowest BCUT2D eigenvalue weighted by Gasteiger charge is -2.07. The Morgan fingerprint density at radius 2 is 1.95 bits per heavy atom. The second kappa shape index (κ2) is 6.24. The van der Waals surface area contributed by atoms with Gasteiger partial charge in [0.25, 0.3) is 0 Å². The lowest BCUT2D eigenvalue weighted by molar-refractivity contribution is 0.585. The molecule has 0 aliphatic carbocycles. The van der Waals surface area contributed by atoms with Crippen LogP contribution in [0.1, 0.15) is 29.7 Å². The van der Waals surface area contributed by atoms with Gasteiger partial charge < -0.3 is 5.73 Å². The van der Waals surface area contributed by atoms with E-state index in [2.05, 4.69) is 21.0 Å². The maximum absolute atomic E-state index is 12.7. The molecule has 4 nitrogen and oxygen atoms in total. The van der Waals surface area contributed by atoms with Crippen LogP contribution in [-0.2, 0) is 6.42 Å². The molecule has 0 fully saturated rings. The van der Waals surface area contributed by atoms with E-state index in [0.29, 0.717) is 12.2 Å². The third-order valence-corrected chi connectivity index (χ3v) is 4.39. The van der Waals surface area contributed by atoms with Gasteiger partial charge in [-0.2, -0.15) is 0 Å². The zero-order valence-corrected chi connectivity index (χ0v) is 12.2. The Kier molecular flexibility index (Phi) is 4.17. The zero-order chi connectivity index (χ0) is 14.7. The molecule has 0 amide bonds. The molecule has 3 aromatic rings. The molecule has 0 saturated heterocycles. The highest BCUT2D eigenvalue weighted by Crippen LogP contribution is 2.27. The molecule has 2 aromatic heterocycles. The Morgan fingerprint density at radius 1 is 1.19 bits per heavy atom. The van der Waals surface area contributed by atoms with Crippen molar-refractivity contribution in [3.05, 3.63) is 53.3 Å². The van der Waals surface area contributed by atoms with E-state index >= 15 is 0 Å². The zero-order valence-electron chi connectivity index (χ0n) is 11.4. The van der Waals surface area contributed by atoms with Gasteiger partial charge in [-0.1, -0.05) is 12.1 Å². The summed E-state index contributed by atoms with van der Waals surface area (Å²) in [5.41, 5.74) is 7.19. The van der Waals surface area contributed by atoms with Gasteiger partial charge in [0.05, 0.1) is 28.7 Å². The minimum absolute atomic E-state index is 0.0807. The number of rotatable bonds is 5. The smallest absolute Gasteiger partial charge is 0.159 e. The highest BCUT2D eigenvalue weighted by Gasteiger charge is 2.12. The average Bonchev–Trinajstić information content (AvgIpc) is 2.93. The standard InChI is InChI=1S/C15H15FN4S/c16-10-8-18-14(19-9-10)7-3-4-11(17)15-20-12-5-1-2-6-13(12)21-15/h1-2,5-6,8-9,11H,3-4,7,17H2. The first-order valence-electron chi connectivity index (χ1n) is 6.80. The number of aromatic nitrogens is 3. The third kappa shape index (κ3) is 3.40. The molecule has 0 aliphatic rings. The van der Waals surface area contributed by atoms with E-state index in [1.165, 1.54) is 12.4 Å². The molecule has 1 aromatic carbocycles. The molecular weight excluding hydrogens is 287 g/mol. The predicted octanol–water partition coefficient (Wildman–Crippen LogP) is 3.25. The summed E-state index contributed by atoms with van der Waals surface area (Å²) in [4.78, 5) is 12.4. The Morgan fingerprint density at radius 3 is 2.71 bits per heavy atom. The summed E-state index contributed by atoms with van der Waals surface area (Å²) in [7, 11) is 0. The van der Waals surface area contributed by atoms with Crippen LogP contribution < -0.4 is 5.73 Å². The second-order valence-electron chi connectivity index (χ2n) is 4.84. The van der Waals surface area contributed by atoms with E-state index in [9.17, 15) is 4.39 Å². The maximum atomic E-state index is 12.7. The quantitative estimate of drug-likeness (QED) is 0.785. The largest absolute Gasteiger partial charge is 0.322 e. The van der Waals surface area contributed by atoms with E-state index in [1.807, 2.05) is 18.2 Å². The van der Waals surface area contributed by atoms with Crippen molar-refractivity contribution < 1.29 is 4.39 Å². The third-order valence-electron chi connectivity index (χ3n) is 3.22. The summed E-state index contributed by atoms with van der Waals surface area (Å²) in [5.74, 6) is 0.234. The van der Waals surface area contributed by atoms with Gasteiger partial charge in [-0.05, 0) is 25.0 Å². The number of benzene rings is 1. The number of hydrogen-bond acceptors (Lipinski definition) is 5. The van der Waals surface area contributed by atoms with E-state index in [0.717, 1.165) is 28.1 Å².